The molecule has 0 amide bonds. The highest BCUT2D eigenvalue weighted by molar-refractivity contribution is 5.73. The topological polar surface area (TPSA) is 0 Å². The molecule has 1 aromatic carbocycles. The fourth-order valence-corrected chi connectivity index (χ4v) is 3.98. The fraction of sp³-hybridized carbons (Fsp3) is 0.391. The van der Waals surface area contributed by atoms with Crippen LogP contribution in [0.4, 0.5) is 0 Å². The SMILES string of the molecule is C=C(C)C(C(=C)CCC)C1(C)CC(c2ccc(C)cc2)=CC1=C. The van der Waals surface area contributed by atoms with Gasteiger partial charge in [-0.2, -0.15) is 0 Å². The van der Waals surface area contributed by atoms with E-state index >= 15 is 0 Å². The molecule has 2 atom stereocenters. The Kier molecular flexibility index (Phi) is 5.14. The van der Waals surface area contributed by atoms with E-state index in [1.807, 2.05) is 0 Å². The van der Waals surface area contributed by atoms with Crippen LogP contribution in [0.5, 0.6) is 0 Å². The van der Waals surface area contributed by atoms with Crippen LogP contribution >= 0.6 is 0 Å². The molecule has 2 unspecified atom stereocenters. The van der Waals surface area contributed by atoms with Crippen molar-refractivity contribution in [3.8, 4) is 0 Å². The van der Waals surface area contributed by atoms with Crippen LogP contribution in [0.15, 0.2) is 66.8 Å². The summed E-state index contributed by atoms with van der Waals surface area (Å²) in [4.78, 5) is 0. The first-order valence-electron chi connectivity index (χ1n) is 8.59. The molecular formula is C23H30. The molecule has 0 aliphatic heterocycles. The van der Waals surface area contributed by atoms with Gasteiger partial charge in [0, 0.05) is 11.3 Å². The van der Waals surface area contributed by atoms with Crippen LogP contribution in [0.1, 0.15) is 51.2 Å². The second-order valence-corrected chi connectivity index (χ2v) is 7.34. The number of hydrogen-bond donors (Lipinski definition) is 0. The molecule has 1 aromatic rings. The van der Waals surface area contributed by atoms with Crippen LogP contribution in [-0.4, -0.2) is 0 Å². The summed E-state index contributed by atoms with van der Waals surface area (Å²) in [5, 5.41) is 0. The first-order valence-corrected chi connectivity index (χ1v) is 8.59. The molecule has 0 bridgehead atoms. The van der Waals surface area contributed by atoms with Gasteiger partial charge in [-0.3, -0.25) is 0 Å². The highest BCUT2D eigenvalue weighted by atomic mass is 14.4. The zero-order valence-electron chi connectivity index (χ0n) is 15.2. The molecule has 0 aromatic heterocycles. The van der Waals surface area contributed by atoms with Crippen molar-refractivity contribution in [1.29, 1.82) is 0 Å². The Labute approximate surface area is 142 Å². The first-order chi connectivity index (χ1) is 10.8. The second-order valence-electron chi connectivity index (χ2n) is 7.34. The molecule has 1 aliphatic carbocycles. The summed E-state index contributed by atoms with van der Waals surface area (Å²) >= 11 is 0. The van der Waals surface area contributed by atoms with Crippen molar-refractivity contribution in [3.63, 3.8) is 0 Å². The van der Waals surface area contributed by atoms with Gasteiger partial charge in [0.25, 0.3) is 0 Å². The first kappa shape index (κ1) is 17.5. The smallest absolute Gasteiger partial charge is 0.00961 e. The van der Waals surface area contributed by atoms with E-state index in [-0.39, 0.29) is 5.41 Å². The zero-order valence-corrected chi connectivity index (χ0v) is 15.2. The fourth-order valence-electron chi connectivity index (χ4n) is 3.98. The van der Waals surface area contributed by atoms with Crippen molar-refractivity contribution in [1.82, 2.24) is 0 Å². The van der Waals surface area contributed by atoms with E-state index in [0.717, 1.165) is 19.3 Å². The Morgan fingerprint density at radius 3 is 2.35 bits per heavy atom. The highest BCUT2D eigenvalue weighted by Crippen LogP contribution is 2.53. The van der Waals surface area contributed by atoms with Gasteiger partial charge in [-0.05, 0) is 43.4 Å². The number of aryl methyl sites for hydroxylation is 1. The molecule has 0 saturated carbocycles. The maximum absolute atomic E-state index is 4.39. The van der Waals surface area contributed by atoms with Crippen LogP contribution in [-0.2, 0) is 0 Å². The summed E-state index contributed by atoms with van der Waals surface area (Å²) in [7, 11) is 0. The molecule has 0 radical (unpaired) electrons. The monoisotopic (exact) mass is 306 g/mol. The molecule has 0 heterocycles. The molecular weight excluding hydrogens is 276 g/mol. The van der Waals surface area contributed by atoms with E-state index in [4.69, 9.17) is 0 Å². The van der Waals surface area contributed by atoms with E-state index < -0.39 is 0 Å². The molecule has 0 fully saturated rings. The molecule has 0 N–H and O–H groups in total. The van der Waals surface area contributed by atoms with Gasteiger partial charge in [0.1, 0.15) is 0 Å². The average Bonchev–Trinajstić information content (AvgIpc) is 2.75. The lowest BCUT2D eigenvalue weighted by Gasteiger charge is -2.38. The predicted molar refractivity (Wildman–Crippen MR) is 103 cm³/mol. The maximum Gasteiger partial charge on any atom is 0.00961 e. The lowest BCUT2D eigenvalue weighted by atomic mass is 9.66. The summed E-state index contributed by atoms with van der Waals surface area (Å²) in [5.41, 5.74) is 7.68. The van der Waals surface area contributed by atoms with Crippen molar-refractivity contribution in [2.45, 2.75) is 47.0 Å². The molecule has 0 heteroatoms. The van der Waals surface area contributed by atoms with Gasteiger partial charge < -0.3 is 0 Å². The lowest BCUT2D eigenvalue weighted by Crippen LogP contribution is -2.28. The van der Waals surface area contributed by atoms with Gasteiger partial charge in [0.05, 0.1) is 0 Å². The molecule has 0 saturated heterocycles. The van der Waals surface area contributed by atoms with Crippen LogP contribution in [0.3, 0.4) is 0 Å². The number of rotatable bonds is 6. The van der Waals surface area contributed by atoms with E-state index in [9.17, 15) is 0 Å². The van der Waals surface area contributed by atoms with E-state index in [2.05, 4.69) is 77.8 Å². The molecule has 23 heavy (non-hydrogen) atoms. The van der Waals surface area contributed by atoms with Gasteiger partial charge in [-0.15, -0.1) is 0 Å². The molecule has 2 rings (SSSR count). The van der Waals surface area contributed by atoms with E-state index in [1.54, 1.807) is 0 Å². The third-order valence-corrected chi connectivity index (χ3v) is 5.17. The molecule has 122 valence electrons. The largest absolute Gasteiger partial charge is 0.0995 e. The minimum Gasteiger partial charge on any atom is -0.0995 e. The maximum atomic E-state index is 4.39. The van der Waals surface area contributed by atoms with E-state index in [1.165, 1.54) is 33.4 Å². The Hall–Kier alpha value is -1.82. The van der Waals surface area contributed by atoms with Gasteiger partial charge in [-0.25, -0.2) is 0 Å². The molecule has 1 aliphatic rings. The van der Waals surface area contributed by atoms with Crippen molar-refractivity contribution >= 4 is 5.57 Å². The van der Waals surface area contributed by atoms with E-state index in [0.29, 0.717) is 5.92 Å². The van der Waals surface area contributed by atoms with Crippen molar-refractivity contribution in [2.24, 2.45) is 11.3 Å². The Balaban J connectivity index is 2.33. The predicted octanol–water partition coefficient (Wildman–Crippen LogP) is 6.89. The van der Waals surface area contributed by atoms with Crippen molar-refractivity contribution in [2.75, 3.05) is 0 Å². The summed E-state index contributed by atoms with van der Waals surface area (Å²) in [6.07, 6.45) is 5.47. The molecule has 0 nitrogen and oxygen atoms in total. The van der Waals surface area contributed by atoms with Gasteiger partial charge in [0.15, 0.2) is 0 Å². The van der Waals surface area contributed by atoms with Crippen LogP contribution in [0.2, 0.25) is 0 Å². The standard InChI is InChI=1S/C23H30/c1-8-9-18(5)22(16(2)3)23(7)15-21(14-19(23)6)20-12-10-17(4)11-13-20/h10-14,22H,2,5-6,8-9,15H2,1,3-4,7H3. The van der Waals surface area contributed by atoms with Crippen molar-refractivity contribution in [3.05, 3.63) is 77.9 Å². The Morgan fingerprint density at radius 2 is 1.83 bits per heavy atom. The Bertz CT molecular complexity index is 654. The van der Waals surface area contributed by atoms with Crippen LogP contribution in [0.25, 0.3) is 5.57 Å². The average molecular weight is 306 g/mol. The summed E-state index contributed by atoms with van der Waals surface area (Å²) in [5.74, 6) is 0.300. The van der Waals surface area contributed by atoms with Crippen LogP contribution in [0, 0.1) is 18.3 Å². The van der Waals surface area contributed by atoms with Crippen molar-refractivity contribution < 1.29 is 0 Å². The quantitative estimate of drug-likeness (QED) is 0.502. The van der Waals surface area contributed by atoms with Crippen LogP contribution < -0.4 is 0 Å². The third-order valence-electron chi connectivity index (χ3n) is 5.17. The van der Waals surface area contributed by atoms with Gasteiger partial charge in [-0.1, -0.05) is 87.1 Å². The number of hydrogen-bond acceptors (Lipinski definition) is 0. The summed E-state index contributed by atoms with van der Waals surface area (Å²) in [6.45, 7) is 21.8. The minimum atomic E-state index is -0.00168. The minimum absolute atomic E-state index is 0.00168. The summed E-state index contributed by atoms with van der Waals surface area (Å²) < 4.78 is 0. The Morgan fingerprint density at radius 1 is 1.22 bits per heavy atom. The number of allylic oxidation sites excluding steroid dienone is 5. The zero-order chi connectivity index (χ0) is 17.2. The van der Waals surface area contributed by atoms with Gasteiger partial charge in [0.2, 0.25) is 0 Å². The lowest BCUT2D eigenvalue weighted by molar-refractivity contribution is 0.329. The third kappa shape index (κ3) is 3.42. The van der Waals surface area contributed by atoms with Gasteiger partial charge >= 0.3 is 0 Å². The normalized spacial score (nSPS) is 21.9. The molecule has 0 spiro atoms. The summed E-state index contributed by atoms with van der Waals surface area (Å²) in [6, 6.07) is 8.80. The number of benzene rings is 1. The highest BCUT2D eigenvalue weighted by Gasteiger charge is 2.41. The second kappa shape index (κ2) is 6.74.